The van der Waals surface area contributed by atoms with Gasteiger partial charge in [-0.15, -0.1) is 0 Å². The highest BCUT2D eigenvalue weighted by Crippen LogP contribution is 2.28. The molecule has 104 valence electrons. The van der Waals surface area contributed by atoms with Crippen molar-refractivity contribution >= 4 is 5.97 Å². The summed E-state index contributed by atoms with van der Waals surface area (Å²) in [4.78, 5) is 15.2. The third kappa shape index (κ3) is 3.44. The van der Waals surface area contributed by atoms with Crippen molar-refractivity contribution in [1.29, 1.82) is 0 Å². The van der Waals surface area contributed by atoms with Gasteiger partial charge in [-0.1, -0.05) is 6.07 Å². The molecule has 1 fully saturated rings. The van der Waals surface area contributed by atoms with Crippen LogP contribution in [0.25, 0.3) is 0 Å². The second kappa shape index (κ2) is 6.02. The summed E-state index contributed by atoms with van der Waals surface area (Å²) in [5, 5.41) is 12.3. The minimum atomic E-state index is -0.714. The lowest BCUT2D eigenvalue weighted by Gasteiger charge is -2.34. The number of pyridine rings is 1. The highest BCUT2D eigenvalue weighted by molar-refractivity contribution is 5.72. The Kier molecular flexibility index (Phi) is 4.37. The van der Waals surface area contributed by atoms with E-state index in [4.69, 9.17) is 9.84 Å². The van der Waals surface area contributed by atoms with E-state index < -0.39 is 5.97 Å². The van der Waals surface area contributed by atoms with Gasteiger partial charge < -0.3 is 15.2 Å². The van der Waals surface area contributed by atoms with Crippen LogP contribution >= 0.6 is 0 Å². The van der Waals surface area contributed by atoms with E-state index in [-0.39, 0.29) is 18.1 Å². The SMILES string of the molecule is CC(C)Oc1ncccc1CNC1CCC1C(=O)O. The lowest BCUT2D eigenvalue weighted by atomic mass is 9.79. The number of nitrogens with zero attached hydrogens (tertiary/aromatic N) is 1. The summed E-state index contributed by atoms with van der Waals surface area (Å²) in [6, 6.07) is 3.87. The zero-order valence-corrected chi connectivity index (χ0v) is 11.3. The molecule has 0 spiro atoms. The molecule has 2 rings (SSSR count). The number of ether oxygens (including phenoxy) is 1. The van der Waals surface area contributed by atoms with Crippen LogP contribution in [-0.4, -0.2) is 28.2 Å². The van der Waals surface area contributed by atoms with Crippen LogP contribution in [0.5, 0.6) is 5.88 Å². The average Bonchev–Trinajstić information content (AvgIpc) is 2.28. The van der Waals surface area contributed by atoms with E-state index in [1.54, 1.807) is 6.20 Å². The molecule has 19 heavy (non-hydrogen) atoms. The van der Waals surface area contributed by atoms with Crippen molar-refractivity contribution in [1.82, 2.24) is 10.3 Å². The molecule has 1 aromatic rings. The van der Waals surface area contributed by atoms with Crippen LogP contribution in [0.4, 0.5) is 0 Å². The van der Waals surface area contributed by atoms with Gasteiger partial charge in [0.15, 0.2) is 0 Å². The van der Waals surface area contributed by atoms with E-state index in [9.17, 15) is 4.79 Å². The molecule has 0 bridgehead atoms. The Balaban J connectivity index is 1.94. The maximum Gasteiger partial charge on any atom is 0.308 e. The Bertz CT molecular complexity index is 448. The molecule has 1 saturated carbocycles. The second-order valence-electron chi connectivity index (χ2n) is 5.14. The lowest BCUT2D eigenvalue weighted by molar-refractivity contribution is -0.146. The zero-order valence-electron chi connectivity index (χ0n) is 11.3. The normalized spacial score (nSPS) is 22.1. The number of nitrogens with one attached hydrogen (secondary N) is 1. The zero-order chi connectivity index (χ0) is 13.8. The minimum absolute atomic E-state index is 0.0598. The molecular formula is C14H20N2O3. The predicted octanol–water partition coefficient (Wildman–Crippen LogP) is 1.82. The van der Waals surface area contributed by atoms with Crippen LogP contribution in [0.1, 0.15) is 32.3 Å². The number of carbonyl (C=O) groups is 1. The van der Waals surface area contributed by atoms with Gasteiger partial charge in [0, 0.05) is 24.3 Å². The summed E-state index contributed by atoms with van der Waals surface area (Å²) in [5.41, 5.74) is 0.965. The van der Waals surface area contributed by atoms with E-state index in [0.29, 0.717) is 12.4 Å². The highest BCUT2D eigenvalue weighted by atomic mass is 16.5. The average molecular weight is 264 g/mol. The topological polar surface area (TPSA) is 71.5 Å². The third-order valence-corrected chi connectivity index (χ3v) is 3.34. The molecule has 0 amide bonds. The molecule has 0 aliphatic heterocycles. The van der Waals surface area contributed by atoms with Gasteiger partial charge in [-0.2, -0.15) is 0 Å². The largest absolute Gasteiger partial charge is 0.481 e. The number of hydrogen-bond donors (Lipinski definition) is 2. The first kappa shape index (κ1) is 13.8. The molecule has 1 aromatic heterocycles. The van der Waals surface area contributed by atoms with E-state index in [2.05, 4.69) is 10.3 Å². The summed E-state index contributed by atoms with van der Waals surface area (Å²) >= 11 is 0. The first-order chi connectivity index (χ1) is 9.08. The van der Waals surface area contributed by atoms with Crippen molar-refractivity contribution in [3.05, 3.63) is 23.9 Å². The molecule has 1 aliphatic rings. The van der Waals surface area contributed by atoms with E-state index in [0.717, 1.165) is 18.4 Å². The fraction of sp³-hybridized carbons (Fsp3) is 0.571. The molecule has 5 heteroatoms. The van der Waals surface area contributed by atoms with Gasteiger partial charge >= 0.3 is 5.97 Å². The minimum Gasteiger partial charge on any atom is -0.481 e. The van der Waals surface area contributed by atoms with Gasteiger partial charge in [-0.3, -0.25) is 4.79 Å². The Labute approximate surface area is 113 Å². The fourth-order valence-corrected chi connectivity index (χ4v) is 2.17. The molecule has 0 aromatic carbocycles. The van der Waals surface area contributed by atoms with Crippen LogP contribution in [0.3, 0.4) is 0 Å². The highest BCUT2D eigenvalue weighted by Gasteiger charge is 2.36. The van der Waals surface area contributed by atoms with Crippen molar-refractivity contribution in [3.8, 4) is 5.88 Å². The first-order valence-electron chi connectivity index (χ1n) is 6.64. The Morgan fingerprint density at radius 1 is 1.58 bits per heavy atom. The van der Waals surface area contributed by atoms with Gasteiger partial charge in [-0.25, -0.2) is 4.98 Å². The monoisotopic (exact) mass is 264 g/mol. The molecule has 5 nitrogen and oxygen atoms in total. The molecule has 2 unspecified atom stereocenters. The number of hydrogen-bond acceptors (Lipinski definition) is 4. The van der Waals surface area contributed by atoms with Crippen LogP contribution in [0.2, 0.25) is 0 Å². The van der Waals surface area contributed by atoms with Crippen molar-refractivity contribution < 1.29 is 14.6 Å². The summed E-state index contributed by atoms with van der Waals surface area (Å²) in [7, 11) is 0. The summed E-state index contributed by atoms with van der Waals surface area (Å²) < 4.78 is 5.64. The number of rotatable bonds is 6. The number of carboxylic acid groups (broad SMARTS) is 1. The second-order valence-corrected chi connectivity index (χ2v) is 5.14. The predicted molar refractivity (Wildman–Crippen MR) is 71.0 cm³/mol. The molecule has 1 aliphatic carbocycles. The summed E-state index contributed by atoms with van der Waals surface area (Å²) in [5.74, 6) is -0.351. The molecule has 0 saturated heterocycles. The molecule has 1 heterocycles. The van der Waals surface area contributed by atoms with Crippen LogP contribution in [0, 0.1) is 5.92 Å². The van der Waals surface area contributed by atoms with Crippen LogP contribution in [-0.2, 0) is 11.3 Å². The maximum absolute atomic E-state index is 10.9. The molecule has 2 atom stereocenters. The van der Waals surface area contributed by atoms with Crippen LogP contribution < -0.4 is 10.1 Å². The lowest BCUT2D eigenvalue weighted by Crippen LogP contribution is -2.47. The van der Waals surface area contributed by atoms with Gasteiger partial charge in [0.1, 0.15) is 0 Å². The van der Waals surface area contributed by atoms with E-state index >= 15 is 0 Å². The van der Waals surface area contributed by atoms with Gasteiger partial charge in [0.2, 0.25) is 5.88 Å². The van der Waals surface area contributed by atoms with E-state index in [1.807, 2.05) is 26.0 Å². The van der Waals surface area contributed by atoms with Crippen LogP contribution in [0.15, 0.2) is 18.3 Å². The van der Waals surface area contributed by atoms with Crippen molar-refractivity contribution in [2.75, 3.05) is 0 Å². The quantitative estimate of drug-likeness (QED) is 0.820. The van der Waals surface area contributed by atoms with Gasteiger partial charge in [0.25, 0.3) is 0 Å². The van der Waals surface area contributed by atoms with Gasteiger partial charge in [0.05, 0.1) is 12.0 Å². The van der Waals surface area contributed by atoms with E-state index in [1.165, 1.54) is 0 Å². The summed E-state index contributed by atoms with van der Waals surface area (Å²) in [6.07, 6.45) is 3.45. The fourth-order valence-electron chi connectivity index (χ4n) is 2.17. The third-order valence-electron chi connectivity index (χ3n) is 3.34. The standard InChI is InChI=1S/C14H20N2O3/c1-9(2)19-13-10(4-3-7-15-13)8-16-12-6-5-11(12)14(17)18/h3-4,7,9,11-12,16H,5-6,8H2,1-2H3,(H,17,18). The smallest absolute Gasteiger partial charge is 0.308 e. The van der Waals surface area contributed by atoms with Gasteiger partial charge in [-0.05, 0) is 32.8 Å². The Morgan fingerprint density at radius 2 is 2.37 bits per heavy atom. The molecule has 2 N–H and O–H groups in total. The number of carboxylic acids is 1. The van der Waals surface area contributed by atoms with Crippen molar-refractivity contribution in [2.24, 2.45) is 5.92 Å². The van der Waals surface area contributed by atoms with Crippen molar-refractivity contribution in [2.45, 2.75) is 45.4 Å². The summed E-state index contributed by atoms with van der Waals surface area (Å²) in [6.45, 7) is 4.50. The molecule has 0 radical (unpaired) electrons. The molecular weight excluding hydrogens is 244 g/mol. The number of aromatic nitrogens is 1. The number of aliphatic carboxylic acids is 1. The Hall–Kier alpha value is -1.62. The first-order valence-corrected chi connectivity index (χ1v) is 6.64. The Morgan fingerprint density at radius 3 is 2.95 bits per heavy atom. The maximum atomic E-state index is 10.9. The van der Waals surface area contributed by atoms with Crippen molar-refractivity contribution in [3.63, 3.8) is 0 Å².